The molecular weight excluding hydrogens is 524 g/mol. The SMILES string of the molecule is CN1C(=O)c2cccc3c(-c4ccc(-c5ccc6c7c(cccc57)C(=O)N(C)C6=O)c5ccccc45)ccc(c23)C1=O. The highest BCUT2D eigenvalue weighted by molar-refractivity contribution is 6.29. The molecule has 0 saturated carbocycles. The Hall–Kier alpha value is -5.62. The molecule has 6 aromatic rings. The van der Waals surface area contributed by atoms with Crippen LogP contribution in [0.4, 0.5) is 0 Å². The summed E-state index contributed by atoms with van der Waals surface area (Å²) in [7, 11) is 3.03. The van der Waals surface area contributed by atoms with Crippen molar-refractivity contribution in [1.29, 1.82) is 0 Å². The first-order chi connectivity index (χ1) is 20.4. The summed E-state index contributed by atoms with van der Waals surface area (Å²) in [5, 5.41) is 5.07. The van der Waals surface area contributed by atoms with Crippen molar-refractivity contribution < 1.29 is 19.2 Å². The number of hydrogen-bond donors (Lipinski definition) is 0. The Morgan fingerprint density at radius 3 is 1.00 bits per heavy atom. The summed E-state index contributed by atoms with van der Waals surface area (Å²) < 4.78 is 0. The molecule has 6 aromatic carbocycles. The van der Waals surface area contributed by atoms with Gasteiger partial charge in [-0.15, -0.1) is 0 Å². The van der Waals surface area contributed by atoms with Gasteiger partial charge in [0, 0.05) is 47.1 Å². The highest BCUT2D eigenvalue weighted by Crippen LogP contribution is 2.43. The summed E-state index contributed by atoms with van der Waals surface area (Å²) in [5.74, 6) is -1.22. The lowest BCUT2D eigenvalue weighted by atomic mass is 9.85. The molecule has 42 heavy (non-hydrogen) atoms. The van der Waals surface area contributed by atoms with Gasteiger partial charge in [-0.05, 0) is 68.1 Å². The van der Waals surface area contributed by atoms with Gasteiger partial charge < -0.3 is 0 Å². The lowest BCUT2D eigenvalue weighted by Gasteiger charge is -2.25. The highest BCUT2D eigenvalue weighted by atomic mass is 16.2. The number of amides is 4. The van der Waals surface area contributed by atoms with Crippen molar-refractivity contribution in [2.24, 2.45) is 0 Å². The standard InChI is InChI=1S/C36H22N2O4/c1-37-33(39)27-11-5-9-25-23(15-17-29(31(25)27)35(37)41)21-13-14-22(20-8-4-3-7-19(20)21)24-16-18-30-32-26(24)10-6-12-28(32)34(40)38(2)36(30)42/h3-18H,1-2H3. The van der Waals surface area contributed by atoms with Crippen molar-refractivity contribution in [3.8, 4) is 22.3 Å². The number of fused-ring (bicyclic) bond motifs is 1. The fourth-order valence-electron chi connectivity index (χ4n) is 6.67. The van der Waals surface area contributed by atoms with Gasteiger partial charge in [-0.1, -0.05) is 72.8 Å². The fraction of sp³-hybridized carbons (Fsp3) is 0.0556. The maximum atomic E-state index is 13.0. The van der Waals surface area contributed by atoms with Crippen LogP contribution in [0.3, 0.4) is 0 Å². The Labute approximate surface area is 240 Å². The summed E-state index contributed by atoms with van der Waals surface area (Å²) in [5.41, 5.74) is 5.89. The molecule has 8 rings (SSSR count). The zero-order valence-electron chi connectivity index (χ0n) is 22.8. The van der Waals surface area contributed by atoms with Crippen molar-refractivity contribution in [3.63, 3.8) is 0 Å². The second kappa shape index (κ2) is 8.44. The molecular formula is C36H22N2O4. The molecule has 0 radical (unpaired) electrons. The Morgan fingerprint density at radius 2 is 0.619 bits per heavy atom. The minimum absolute atomic E-state index is 0.304. The number of hydrogen-bond acceptors (Lipinski definition) is 4. The third-order valence-corrected chi connectivity index (χ3v) is 8.73. The monoisotopic (exact) mass is 546 g/mol. The van der Waals surface area contributed by atoms with Crippen LogP contribution < -0.4 is 0 Å². The van der Waals surface area contributed by atoms with Gasteiger partial charge in [0.05, 0.1) is 0 Å². The summed E-state index contributed by atoms with van der Waals surface area (Å²) in [4.78, 5) is 54.2. The zero-order chi connectivity index (χ0) is 28.9. The van der Waals surface area contributed by atoms with Crippen molar-refractivity contribution >= 4 is 55.9 Å². The van der Waals surface area contributed by atoms with E-state index in [1.807, 2.05) is 60.7 Å². The van der Waals surface area contributed by atoms with E-state index in [2.05, 4.69) is 24.3 Å². The smallest absolute Gasteiger partial charge is 0.261 e. The van der Waals surface area contributed by atoms with Crippen LogP contribution in [-0.2, 0) is 0 Å². The van der Waals surface area contributed by atoms with Gasteiger partial charge in [0.2, 0.25) is 0 Å². The third kappa shape index (κ3) is 3.03. The van der Waals surface area contributed by atoms with E-state index < -0.39 is 0 Å². The Kier molecular flexibility index (Phi) is 4.86. The third-order valence-electron chi connectivity index (χ3n) is 8.73. The molecule has 0 unspecified atom stereocenters. The van der Waals surface area contributed by atoms with E-state index in [0.29, 0.717) is 33.0 Å². The summed E-state index contributed by atoms with van der Waals surface area (Å²) in [6.07, 6.45) is 0. The number of benzene rings is 6. The average molecular weight is 547 g/mol. The Balaban J connectivity index is 1.39. The quantitative estimate of drug-likeness (QED) is 0.221. The van der Waals surface area contributed by atoms with E-state index in [4.69, 9.17) is 0 Å². The topological polar surface area (TPSA) is 74.8 Å². The van der Waals surface area contributed by atoms with E-state index in [9.17, 15) is 19.2 Å². The van der Waals surface area contributed by atoms with Gasteiger partial charge in [0.25, 0.3) is 23.6 Å². The molecule has 2 aliphatic heterocycles. The zero-order valence-corrected chi connectivity index (χ0v) is 22.8. The Morgan fingerprint density at radius 1 is 0.333 bits per heavy atom. The fourth-order valence-corrected chi connectivity index (χ4v) is 6.67. The number of rotatable bonds is 2. The average Bonchev–Trinajstić information content (AvgIpc) is 3.03. The second-order valence-electron chi connectivity index (χ2n) is 10.8. The molecule has 200 valence electrons. The predicted octanol–water partition coefficient (Wildman–Crippen LogP) is 6.93. The van der Waals surface area contributed by atoms with E-state index in [0.717, 1.165) is 43.8 Å². The highest BCUT2D eigenvalue weighted by Gasteiger charge is 2.32. The largest absolute Gasteiger partial charge is 0.277 e. The number of carbonyl (C=O) groups is 4. The van der Waals surface area contributed by atoms with Crippen LogP contribution in [-0.4, -0.2) is 47.5 Å². The van der Waals surface area contributed by atoms with E-state index in [1.54, 1.807) is 12.1 Å². The van der Waals surface area contributed by atoms with Gasteiger partial charge in [-0.3, -0.25) is 29.0 Å². The van der Waals surface area contributed by atoms with Gasteiger partial charge in [0.1, 0.15) is 0 Å². The van der Waals surface area contributed by atoms with Gasteiger partial charge in [0.15, 0.2) is 0 Å². The molecule has 2 heterocycles. The summed E-state index contributed by atoms with van der Waals surface area (Å²) >= 11 is 0. The molecule has 4 amide bonds. The van der Waals surface area contributed by atoms with Crippen LogP contribution in [0.2, 0.25) is 0 Å². The molecule has 0 aliphatic carbocycles. The molecule has 6 nitrogen and oxygen atoms in total. The van der Waals surface area contributed by atoms with E-state index in [-0.39, 0.29) is 23.6 Å². The maximum absolute atomic E-state index is 13.0. The molecule has 0 fully saturated rings. The van der Waals surface area contributed by atoms with Crippen molar-refractivity contribution in [2.45, 2.75) is 0 Å². The molecule has 0 spiro atoms. The minimum Gasteiger partial charge on any atom is -0.277 e. The van der Waals surface area contributed by atoms with Gasteiger partial charge in [-0.2, -0.15) is 0 Å². The van der Waals surface area contributed by atoms with Crippen LogP contribution in [0.5, 0.6) is 0 Å². The number of imide groups is 2. The van der Waals surface area contributed by atoms with Crippen LogP contribution in [0.15, 0.2) is 97.1 Å². The van der Waals surface area contributed by atoms with Crippen LogP contribution in [0.25, 0.3) is 54.6 Å². The van der Waals surface area contributed by atoms with Crippen molar-refractivity contribution in [3.05, 3.63) is 119 Å². The first-order valence-corrected chi connectivity index (χ1v) is 13.7. The lowest BCUT2D eigenvalue weighted by Crippen LogP contribution is -2.36. The molecule has 0 bridgehead atoms. The number of carbonyl (C=O) groups excluding carboxylic acids is 4. The first-order valence-electron chi connectivity index (χ1n) is 13.7. The molecule has 2 aliphatic rings. The van der Waals surface area contributed by atoms with Gasteiger partial charge in [-0.25, -0.2) is 0 Å². The first kappa shape index (κ1) is 24.2. The molecule has 6 heteroatoms. The molecule has 0 N–H and O–H groups in total. The van der Waals surface area contributed by atoms with Crippen LogP contribution in [0, 0.1) is 0 Å². The summed E-state index contributed by atoms with van der Waals surface area (Å²) in [6, 6.07) is 31.0. The molecule has 0 aromatic heterocycles. The van der Waals surface area contributed by atoms with E-state index in [1.165, 1.54) is 23.9 Å². The maximum Gasteiger partial charge on any atom is 0.261 e. The predicted molar refractivity (Wildman–Crippen MR) is 163 cm³/mol. The van der Waals surface area contributed by atoms with Crippen LogP contribution >= 0.6 is 0 Å². The second-order valence-corrected chi connectivity index (χ2v) is 10.8. The van der Waals surface area contributed by atoms with Crippen LogP contribution in [0.1, 0.15) is 41.4 Å². The van der Waals surface area contributed by atoms with E-state index >= 15 is 0 Å². The van der Waals surface area contributed by atoms with Gasteiger partial charge >= 0.3 is 0 Å². The lowest BCUT2D eigenvalue weighted by molar-refractivity contribution is 0.0635. The number of nitrogens with zero attached hydrogens (tertiary/aromatic N) is 2. The van der Waals surface area contributed by atoms with Crippen molar-refractivity contribution in [2.75, 3.05) is 14.1 Å². The normalized spacial score (nSPS) is 14.5. The van der Waals surface area contributed by atoms with Crippen molar-refractivity contribution in [1.82, 2.24) is 9.80 Å². The Bertz CT molecular complexity index is 2060. The summed E-state index contributed by atoms with van der Waals surface area (Å²) in [6.45, 7) is 0. The minimum atomic E-state index is -0.304. The molecule has 0 saturated heterocycles. The molecule has 0 atom stereocenters.